The quantitative estimate of drug-likeness (QED) is 0.570. The lowest BCUT2D eigenvalue weighted by Crippen LogP contribution is -2.42. The molecule has 4 rings (SSSR count). The van der Waals surface area contributed by atoms with Gasteiger partial charge in [-0.2, -0.15) is 0 Å². The number of hydrogen-bond acceptors (Lipinski definition) is 7. The normalized spacial score (nSPS) is 20.6. The number of benzene rings is 1. The highest BCUT2D eigenvalue weighted by molar-refractivity contribution is 7.80. The molecule has 1 aromatic carbocycles. The number of aromatic nitrogens is 2. The van der Waals surface area contributed by atoms with Crippen LogP contribution in [0.4, 0.5) is 5.82 Å². The average Bonchev–Trinajstić information content (AvgIpc) is 3.05. The predicted molar refractivity (Wildman–Crippen MR) is 133 cm³/mol. The van der Waals surface area contributed by atoms with Gasteiger partial charge in [0.1, 0.15) is 18.2 Å². The molecule has 0 spiro atoms. The Hall–Kier alpha value is -2.68. The number of rotatable bonds is 7. The van der Waals surface area contributed by atoms with Crippen molar-refractivity contribution in [2.24, 2.45) is 11.8 Å². The van der Waals surface area contributed by atoms with Crippen LogP contribution >= 0.6 is 12.2 Å². The van der Waals surface area contributed by atoms with Gasteiger partial charge in [0.15, 0.2) is 16.6 Å². The van der Waals surface area contributed by atoms with Crippen molar-refractivity contribution in [3.63, 3.8) is 0 Å². The van der Waals surface area contributed by atoms with Crippen molar-refractivity contribution in [2.75, 3.05) is 45.8 Å². The lowest BCUT2D eigenvalue weighted by atomic mass is 9.95. The fraction of sp³-hybridized carbons (Fsp3) is 0.583. The molecular weight excluding hydrogens is 438 g/mol. The second-order valence-corrected chi connectivity index (χ2v) is 9.39. The van der Waals surface area contributed by atoms with E-state index >= 15 is 0 Å². The van der Waals surface area contributed by atoms with E-state index in [4.69, 9.17) is 21.7 Å². The van der Waals surface area contributed by atoms with Crippen LogP contribution in [-0.4, -0.2) is 77.7 Å². The summed E-state index contributed by atoms with van der Waals surface area (Å²) >= 11 is 5.63. The summed E-state index contributed by atoms with van der Waals surface area (Å²) in [5.74, 6) is 3.08. The molecule has 0 radical (unpaired) electrons. The van der Waals surface area contributed by atoms with Gasteiger partial charge in [0.2, 0.25) is 0 Å². The first-order valence-corrected chi connectivity index (χ1v) is 12.0. The second kappa shape index (κ2) is 9.67. The molecule has 1 aromatic heterocycles. The summed E-state index contributed by atoms with van der Waals surface area (Å²) < 4.78 is 10.9. The third-order valence-corrected chi connectivity index (χ3v) is 7.63. The van der Waals surface area contributed by atoms with Crippen LogP contribution in [0.15, 0.2) is 18.5 Å². The molecule has 2 unspecified atom stereocenters. The number of carbonyl (C=O) groups is 1. The Bertz CT molecular complexity index is 1040. The first-order valence-electron chi connectivity index (χ1n) is 11.6. The smallest absolute Gasteiger partial charge is 0.251 e. The summed E-state index contributed by atoms with van der Waals surface area (Å²) in [6, 6.07) is 3.69. The van der Waals surface area contributed by atoms with Gasteiger partial charge >= 0.3 is 0 Å². The summed E-state index contributed by atoms with van der Waals surface area (Å²) in [7, 11) is 5.20. The minimum absolute atomic E-state index is 0.137. The zero-order valence-corrected chi connectivity index (χ0v) is 20.9. The zero-order valence-electron chi connectivity index (χ0n) is 20.1. The summed E-state index contributed by atoms with van der Waals surface area (Å²) in [4.78, 5) is 28.2. The highest BCUT2D eigenvalue weighted by Gasteiger charge is 2.43. The Morgan fingerprint density at radius 1 is 1.15 bits per heavy atom. The highest BCUT2D eigenvalue weighted by Crippen LogP contribution is 2.36. The average molecular weight is 472 g/mol. The van der Waals surface area contributed by atoms with E-state index in [1.54, 1.807) is 20.5 Å². The number of methoxy groups -OCH3 is 2. The Balaban J connectivity index is 1.46. The SMILES string of the molecule is CCC(C)C1C(=O)N(CC2CCN(c3ncnc4cc(OC)c(OC)cc34)CC2)C(=S)N1C. The van der Waals surface area contributed by atoms with Crippen molar-refractivity contribution in [3.05, 3.63) is 18.5 Å². The van der Waals surface area contributed by atoms with Gasteiger partial charge < -0.3 is 19.3 Å². The van der Waals surface area contributed by atoms with E-state index in [1.807, 2.05) is 29.0 Å². The fourth-order valence-electron chi connectivity index (χ4n) is 4.95. The van der Waals surface area contributed by atoms with E-state index in [2.05, 4.69) is 28.7 Å². The molecule has 1 amide bonds. The van der Waals surface area contributed by atoms with Crippen LogP contribution in [0.5, 0.6) is 11.5 Å². The van der Waals surface area contributed by atoms with Gasteiger partial charge in [-0.05, 0) is 43.0 Å². The number of thiocarbonyl (C=S) groups is 1. The van der Waals surface area contributed by atoms with Gasteiger partial charge in [-0.3, -0.25) is 9.69 Å². The van der Waals surface area contributed by atoms with Crippen LogP contribution in [0.25, 0.3) is 10.9 Å². The summed E-state index contributed by atoms with van der Waals surface area (Å²) in [6.07, 6.45) is 4.51. The van der Waals surface area contributed by atoms with Gasteiger partial charge in [-0.15, -0.1) is 0 Å². The maximum Gasteiger partial charge on any atom is 0.251 e. The number of piperidine rings is 1. The highest BCUT2D eigenvalue weighted by atomic mass is 32.1. The number of likely N-dealkylation sites (N-methyl/N-ethyl adjacent to an activating group) is 1. The minimum Gasteiger partial charge on any atom is -0.493 e. The molecule has 0 aliphatic carbocycles. The molecule has 2 atom stereocenters. The molecule has 178 valence electrons. The maximum atomic E-state index is 13.1. The van der Waals surface area contributed by atoms with Crippen molar-refractivity contribution in [2.45, 2.75) is 39.2 Å². The number of hydrogen-bond donors (Lipinski definition) is 0. The number of fused-ring (bicyclic) bond motifs is 1. The van der Waals surface area contributed by atoms with E-state index in [-0.39, 0.29) is 17.9 Å². The first-order chi connectivity index (χ1) is 15.9. The molecule has 9 heteroatoms. The lowest BCUT2D eigenvalue weighted by Gasteiger charge is -2.34. The molecule has 2 aliphatic heterocycles. The predicted octanol–water partition coefficient (Wildman–Crippen LogP) is 3.34. The monoisotopic (exact) mass is 471 g/mol. The zero-order chi connectivity index (χ0) is 23.7. The fourth-order valence-corrected chi connectivity index (χ4v) is 5.23. The number of anilines is 1. The molecular formula is C24H33N5O3S. The Morgan fingerprint density at radius 3 is 2.45 bits per heavy atom. The van der Waals surface area contributed by atoms with E-state index in [1.165, 1.54) is 0 Å². The summed E-state index contributed by atoms with van der Waals surface area (Å²) in [5.41, 5.74) is 0.826. The molecule has 2 aliphatic rings. The third-order valence-electron chi connectivity index (χ3n) is 7.13. The van der Waals surface area contributed by atoms with Crippen LogP contribution in [0, 0.1) is 11.8 Å². The molecule has 2 aromatic rings. The van der Waals surface area contributed by atoms with Gasteiger partial charge in [-0.1, -0.05) is 20.3 Å². The topological polar surface area (TPSA) is 71.0 Å². The summed E-state index contributed by atoms with van der Waals surface area (Å²) in [5, 5.41) is 1.61. The minimum atomic E-state index is -0.137. The molecule has 0 N–H and O–H groups in total. The Kier molecular flexibility index (Phi) is 6.88. The van der Waals surface area contributed by atoms with Gasteiger partial charge in [0.25, 0.3) is 5.91 Å². The van der Waals surface area contributed by atoms with Crippen LogP contribution in [0.3, 0.4) is 0 Å². The van der Waals surface area contributed by atoms with E-state index in [9.17, 15) is 4.79 Å². The second-order valence-electron chi connectivity index (χ2n) is 9.02. The summed E-state index contributed by atoms with van der Waals surface area (Å²) in [6.45, 7) is 6.67. The molecule has 0 bridgehead atoms. The van der Waals surface area contributed by atoms with Crippen LogP contribution in [0.1, 0.15) is 33.1 Å². The van der Waals surface area contributed by atoms with Crippen molar-refractivity contribution >= 4 is 40.0 Å². The van der Waals surface area contributed by atoms with Gasteiger partial charge in [-0.25, -0.2) is 9.97 Å². The van der Waals surface area contributed by atoms with E-state index in [0.717, 1.165) is 49.1 Å². The maximum absolute atomic E-state index is 13.1. The molecule has 33 heavy (non-hydrogen) atoms. The Labute approximate surface area is 200 Å². The van der Waals surface area contributed by atoms with E-state index in [0.29, 0.717) is 29.1 Å². The van der Waals surface area contributed by atoms with Gasteiger partial charge in [0, 0.05) is 38.1 Å². The van der Waals surface area contributed by atoms with E-state index < -0.39 is 0 Å². The van der Waals surface area contributed by atoms with Crippen molar-refractivity contribution in [3.8, 4) is 11.5 Å². The van der Waals surface area contributed by atoms with Crippen molar-refractivity contribution in [1.82, 2.24) is 19.8 Å². The van der Waals surface area contributed by atoms with Crippen LogP contribution < -0.4 is 14.4 Å². The van der Waals surface area contributed by atoms with Crippen LogP contribution in [0.2, 0.25) is 0 Å². The molecule has 8 nitrogen and oxygen atoms in total. The van der Waals surface area contributed by atoms with Crippen molar-refractivity contribution in [1.29, 1.82) is 0 Å². The third kappa shape index (κ3) is 4.30. The number of amides is 1. The molecule has 0 saturated carbocycles. The molecule has 3 heterocycles. The molecule has 2 fully saturated rings. The first kappa shape index (κ1) is 23.5. The van der Waals surface area contributed by atoms with Crippen LogP contribution in [-0.2, 0) is 4.79 Å². The largest absolute Gasteiger partial charge is 0.493 e. The number of carbonyl (C=O) groups excluding carboxylic acids is 1. The number of nitrogens with zero attached hydrogens (tertiary/aromatic N) is 5. The van der Waals surface area contributed by atoms with Gasteiger partial charge in [0.05, 0.1) is 19.7 Å². The van der Waals surface area contributed by atoms with Crippen molar-refractivity contribution < 1.29 is 14.3 Å². The standard InChI is InChI=1S/C24H33N5O3S/c1-6-15(2)21-23(30)29(24(33)27(21)3)13-16-7-9-28(10-8-16)22-17-11-19(31-4)20(32-5)12-18(17)25-14-26-22/h11-12,14-16,21H,6-10,13H2,1-5H3. The lowest BCUT2D eigenvalue weighted by molar-refractivity contribution is -0.129. The Morgan fingerprint density at radius 2 is 1.82 bits per heavy atom. The molecule has 2 saturated heterocycles. The number of ether oxygens (including phenoxy) is 2.